The van der Waals surface area contributed by atoms with Gasteiger partial charge in [0.2, 0.25) is 0 Å². The molecule has 0 bridgehead atoms. The van der Waals surface area contributed by atoms with Crippen LogP contribution in [0, 0.1) is 18.3 Å². The number of fused-ring (bicyclic) bond motifs is 1. The lowest BCUT2D eigenvalue weighted by Crippen LogP contribution is -2.36. The zero-order chi connectivity index (χ0) is 26.2. The topological polar surface area (TPSA) is 108 Å². The molecule has 0 saturated carbocycles. The third kappa shape index (κ3) is 4.81. The van der Waals surface area contributed by atoms with E-state index in [1.54, 1.807) is 29.9 Å². The number of morpholine rings is 1. The van der Waals surface area contributed by atoms with Gasteiger partial charge in [-0.05, 0) is 37.3 Å². The Morgan fingerprint density at radius 2 is 1.95 bits per heavy atom. The minimum absolute atomic E-state index is 0.235. The Kier molecular flexibility index (Phi) is 6.22. The van der Waals surface area contributed by atoms with E-state index in [0.29, 0.717) is 55.0 Å². The average molecular weight is 507 g/mol. The van der Waals surface area contributed by atoms with E-state index in [4.69, 9.17) is 10.00 Å². The van der Waals surface area contributed by atoms with Gasteiger partial charge in [0.25, 0.3) is 5.91 Å². The maximum absolute atomic E-state index is 13.3. The number of hydrogen-bond donors (Lipinski definition) is 1. The van der Waals surface area contributed by atoms with E-state index in [-0.39, 0.29) is 11.3 Å². The van der Waals surface area contributed by atoms with Crippen molar-refractivity contribution in [2.45, 2.75) is 13.1 Å². The van der Waals surface area contributed by atoms with Gasteiger partial charge in [0.15, 0.2) is 5.65 Å². The van der Waals surface area contributed by atoms with Crippen LogP contribution in [0.15, 0.2) is 48.9 Å². The standard InChI is InChI=1S/C25H20F3N7O2/c1-15-19(21-12-22(34-6-8-37-9-7-34)23-30-4-5-35(23)33-21)11-18(14-31-15)32-24(36)16-2-3-17(13-29)20(10-16)25(26,27)28/h2-5,10-12,14H,6-9H2,1H3,(H,32,36). The van der Waals surface area contributed by atoms with Crippen LogP contribution in [0.2, 0.25) is 0 Å². The molecule has 0 aliphatic carbocycles. The lowest BCUT2D eigenvalue weighted by Gasteiger charge is -2.29. The van der Waals surface area contributed by atoms with Crippen LogP contribution in [0.1, 0.15) is 27.2 Å². The number of carbonyl (C=O) groups is 1. The highest BCUT2D eigenvalue weighted by molar-refractivity contribution is 6.04. The molecule has 37 heavy (non-hydrogen) atoms. The Bertz CT molecular complexity index is 1540. The summed E-state index contributed by atoms with van der Waals surface area (Å²) in [6.45, 7) is 4.38. The Hall–Kier alpha value is -4.50. The molecule has 0 unspecified atom stereocenters. The molecule has 9 nitrogen and oxygen atoms in total. The number of pyridine rings is 1. The second-order valence-electron chi connectivity index (χ2n) is 8.39. The Labute approximate surface area is 209 Å². The molecule has 188 valence electrons. The number of imidazole rings is 1. The average Bonchev–Trinajstić information content (AvgIpc) is 3.37. The molecule has 1 amide bonds. The zero-order valence-corrected chi connectivity index (χ0v) is 19.6. The molecule has 1 aliphatic heterocycles. The van der Waals surface area contributed by atoms with E-state index < -0.39 is 23.2 Å². The number of nitrogens with zero attached hydrogens (tertiary/aromatic N) is 6. The van der Waals surface area contributed by atoms with E-state index in [2.05, 4.69) is 25.3 Å². The number of halogens is 3. The fourth-order valence-electron chi connectivity index (χ4n) is 4.15. The summed E-state index contributed by atoms with van der Waals surface area (Å²) in [6, 6.07) is 7.90. The fourth-order valence-corrected chi connectivity index (χ4v) is 4.15. The summed E-state index contributed by atoms with van der Waals surface area (Å²) in [4.78, 5) is 23.7. The summed E-state index contributed by atoms with van der Waals surface area (Å²) in [6.07, 6.45) is 0.0460. The molecule has 5 rings (SSSR count). The van der Waals surface area contributed by atoms with E-state index in [1.165, 1.54) is 18.3 Å². The first kappa shape index (κ1) is 24.2. The van der Waals surface area contributed by atoms with Gasteiger partial charge in [-0.25, -0.2) is 9.50 Å². The summed E-state index contributed by atoms with van der Waals surface area (Å²) in [5.41, 5.74) is 1.77. The molecule has 1 N–H and O–H groups in total. The molecule has 4 heterocycles. The number of carbonyl (C=O) groups excluding carboxylic acids is 1. The van der Waals surface area contributed by atoms with Crippen LogP contribution in [0.3, 0.4) is 0 Å². The number of aromatic nitrogens is 4. The lowest BCUT2D eigenvalue weighted by molar-refractivity contribution is -0.137. The Morgan fingerprint density at radius 1 is 1.16 bits per heavy atom. The maximum atomic E-state index is 13.3. The van der Waals surface area contributed by atoms with E-state index >= 15 is 0 Å². The van der Waals surface area contributed by atoms with Crippen LogP contribution < -0.4 is 10.2 Å². The van der Waals surface area contributed by atoms with Crippen LogP contribution >= 0.6 is 0 Å². The van der Waals surface area contributed by atoms with Crippen LogP contribution in [-0.2, 0) is 10.9 Å². The van der Waals surface area contributed by atoms with Crippen molar-refractivity contribution in [1.82, 2.24) is 19.6 Å². The number of anilines is 2. The highest BCUT2D eigenvalue weighted by atomic mass is 19.4. The first-order valence-electron chi connectivity index (χ1n) is 11.3. The van der Waals surface area contributed by atoms with Crippen LogP contribution in [0.5, 0.6) is 0 Å². The summed E-state index contributed by atoms with van der Waals surface area (Å²) >= 11 is 0. The maximum Gasteiger partial charge on any atom is 0.417 e. The molecule has 0 atom stereocenters. The summed E-state index contributed by atoms with van der Waals surface area (Å²) < 4.78 is 47.1. The van der Waals surface area contributed by atoms with Crippen molar-refractivity contribution in [3.8, 4) is 17.3 Å². The summed E-state index contributed by atoms with van der Waals surface area (Å²) in [5.74, 6) is -0.765. The number of benzene rings is 1. The first-order valence-corrected chi connectivity index (χ1v) is 11.3. The summed E-state index contributed by atoms with van der Waals surface area (Å²) in [7, 11) is 0. The first-order chi connectivity index (χ1) is 17.7. The SMILES string of the molecule is Cc1ncc(NC(=O)c2ccc(C#N)c(C(F)(F)F)c2)cc1-c1cc(N2CCOCC2)c2nccn2n1. The molecule has 1 aromatic carbocycles. The molecule has 0 radical (unpaired) electrons. The van der Waals surface area contributed by atoms with Gasteiger partial charge in [0, 0.05) is 42.3 Å². The molecule has 3 aromatic heterocycles. The second-order valence-corrected chi connectivity index (χ2v) is 8.39. The number of aryl methyl sites for hydroxylation is 1. The van der Waals surface area contributed by atoms with Crippen molar-refractivity contribution >= 4 is 22.9 Å². The number of nitriles is 1. The third-order valence-corrected chi connectivity index (χ3v) is 6.02. The van der Waals surface area contributed by atoms with Gasteiger partial charge in [-0.3, -0.25) is 9.78 Å². The Balaban J connectivity index is 1.48. The van der Waals surface area contributed by atoms with E-state index in [0.717, 1.165) is 11.8 Å². The number of rotatable bonds is 4. The van der Waals surface area contributed by atoms with Gasteiger partial charge in [0.05, 0.1) is 53.7 Å². The highest BCUT2D eigenvalue weighted by Crippen LogP contribution is 2.33. The Morgan fingerprint density at radius 3 is 2.68 bits per heavy atom. The number of ether oxygens (including phenoxy) is 1. The molecule has 12 heteroatoms. The number of nitrogens with one attached hydrogen (secondary N) is 1. The predicted octanol–water partition coefficient (Wildman–Crippen LogP) is 4.08. The normalized spacial score (nSPS) is 14.0. The van der Waals surface area contributed by atoms with E-state index in [9.17, 15) is 18.0 Å². The van der Waals surface area contributed by atoms with Crippen molar-refractivity contribution < 1.29 is 22.7 Å². The molecule has 4 aromatic rings. The smallest absolute Gasteiger partial charge is 0.378 e. The van der Waals surface area contributed by atoms with Crippen LogP contribution in [0.4, 0.5) is 24.5 Å². The van der Waals surface area contributed by atoms with Gasteiger partial charge in [0.1, 0.15) is 0 Å². The number of hydrogen-bond acceptors (Lipinski definition) is 7. The van der Waals surface area contributed by atoms with Gasteiger partial charge >= 0.3 is 6.18 Å². The predicted molar refractivity (Wildman–Crippen MR) is 128 cm³/mol. The zero-order valence-electron chi connectivity index (χ0n) is 19.6. The molecule has 1 aliphatic rings. The van der Waals surface area contributed by atoms with Crippen LogP contribution in [-0.4, -0.2) is 51.8 Å². The number of alkyl halides is 3. The van der Waals surface area contributed by atoms with Crippen molar-refractivity contribution in [2.75, 3.05) is 36.5 Å². The largest absolute Gasteiger partial charge is 0.417 e. The highest BCUT2D eigenvalue weighted by Gasteiger charge is 2.34. The van der Waals surface area contributed by atoms with Gasteiger partial charge in [-0.1, -0.05) is 0 Å². The minimum atomic E-state index is -4.77. The van der Waals surface area contributed by atoms with Crippen molar-refractivity contribution in [3.05, 3.63) is 71.3 Å². The van der Waals surface area contributed by atoms with Gasteiger partial charge in [-0.15, -0.1) is 0 Å². The monoisotopic (exact) mass is 507 g/mol. The third-order valence-electron chi connectivity index (χ3n) is 6.02. The van der Waals surface area contributed by atoms with Gasteiger partial charge < -0.3 is 15.0 Å². The molecule has 0 spiro atoms. The fraction of sp³-hybridized carbons (Fsp3) is 0.240. The number of amides is 1. The lowest BCUT2D eigenvalue weighted by atomic mass is 10.0. The van der Waals surface area contributed by atoms with Gasteiger partial charge in [-0.2, -0.15) is 23.5 Å². The molecule has 1 saturated heterocycles. The molecular weight excluding hydrogens is 487 g/mol. The van der Waals surface area contributed by atoms with E-state index in [1.807, 2.05) is 6.07 Å². The molecular formula is C25H20F3N7O2. The molecule has 1 fully saturated rings. The van der Waals surface area contributed by atoms with Crippen molar-refractivity contribution in [2.24, 2.45) is 0 Å². The van der Waals surface area contributed by atoms with Crippen molar-refractivity contribution in [3.63, 3.8) is 0 Å². The minimum Gasteiger partial charge on any atom is -0.378 e. The van der Waals surface area contributed by atoms with Crippen molar-refractivity contribution in [1.29, 1.82) is 5.26 Å². The second kappa shape index (κ2) is 9.51. The quantitative estimate of drug-likeness (QED) is 0.443. The summed E-state index contributed by atoms with van der Waals surface area (Å²) in [5, 5.41) is 16.2. The van der Waals surface area contributed by atoms with Crippen LogP contribution in [0.25, 0.3) is 16.9 Å².